The molecule has 0 spiro atoms. The van der Waals surface area contributed by atoms with Crippen molar-refractivity contribution in [2.24, 2.45) is 17.8 Å². The minimum absolute atomic E-state index is 0.0550. The summed E-state index contributed by atoms with van der Waals surface area (Å²) in [6.07, 6.45) is 12.3. The highest BCUT2D eigenvalue weighted by molar-refractivity contribution is 6.05. The van der Waals surface area contributed by atoms with Gasteiger partial charge in [0.2, 0.25) is 0 Å². The maximum atomic E-state index is 13.2. The number of aromatic carboxylic acids is 3. The van der Waals surface area contributed by atoms with E-state index in [0.29, 0.717) is 19.1 Å². The van der Waals surface area contributed by atoms with Gasteiger partial charge >= 0.3 is 35.8 Å². The zero-order chi connectivity index (χ0) is 40.6. The monoisotopic (exact) mass is 756 g/mol. The van der Waals surface area contributed by atoms with Crippen molar-refractivity contribution >= 4 is 35.8 Å². The normalized spacial score (nSPS) is 12.3. The van der Waals surface area contributed by atoms with E-state index in [-0.39, 0.29) is 40.7 Å². The van der Waals surface area contributed by atoms with Gasteiger partial charge in [-0.15, -0.1) is 0 Å². The van der Waals surface area contributed by atoms with E-state index in [1.165, 1.54) is 18.2 Å². The molecule has 3 atom stereocenters. The summed E-state index contributed by atoms with van der Waals surface area (Å²) in [6.45, 7) is 13.6. The minimum Gasteiger partial charge on any atom is -0.478 e. The average molecular weight is 757 g/mol. The first-order chi connectivity index (χ1) is 25.8. The second-order valence-corrected chi connectivity index (χ2v) is 13.5. The number of hydrogen-bond acceptors (Lipinski definition) is 9. The predicted molar refractivity (Wildman–Crippen MR) is 205 cm³/mol. The molecule has 2 aromatic rings. The Morgan fingerprint density at radius 1 is 0.463 bits per heavy atom. The van der Waals surface area contributed by atoms with E-state index in [4.69, 9.17) is 29.5 Å². The van der Waals surface area contributed by atoms with Gasteiger partial charge in [-0.2, -0.15) is 0 Å². The van der Waals surface area contributed by atoms with E-state index < -0.39 is 46.9 Å². The summed E-state index contributed by atoms with van der Waals surface area (Å²) >= 11 is 0. The summed E-state index contributed by atoms with van der Waals surface area (Å²) in [6, 6.07) is 7.26. The largest absolute Gasteiger partial charge is 0.478 e. The van der Waals surface area contributed by atoms with Gasteiger partial charge in [-0.3, -0.25) is 0 Å². The Bertz CT molecular complexity index is 1510. The van der Waals surface area contributed by atoms with Crippen molar-refractivity contribution in [1.82, 2.24) is 0 Å². The molecule has 0 fully saturated rings. The molecule has 0 bridgehead atoms. The summed E-state index contributed by atoms with van der Waals surface area (Å²) in [7, 11) is 0. The van der Waals surface area contributed by atoms with Crippen LogP contribution in [-0.2, 0) is 14.2 Å². The number of ether oxygens (including phenoxy) is 3. The Morgan fingerprint density at radius 3 is 1.22 bits per heavy atom. The third kappa shape index (κ3) is 16.5. The van der Waals surface area contributed by atoms with Crippen LogP contribution in [0.4, 0.5) is 0 Å². The number of rotatable bonds is 24. The lowest BCUT2D eigenvalue weighted by Gasteiger charge is -2.18. The van der Waals surface area contributed by atoms with E-state index in [0.717, 1.165) is 95.2 Å². The van der Waals surface area contributed by atoms with Crippen LogP contribution in [0.1, 0.15) is 181 Å². The molecule has 0 aliphatic heterocycles. The first-order valence-corrected chi connectivity index (χ1v) is 19.3. The van der Waals surface area contributed by atoms with Gasteiger partial charge in [0.15, 0.2) is 0 Å². The Kier molecular flexibility index (Phi) is 22.9. The van der Waals surface area contributed by atoms with Gasteiger partial charge < -0.3 is 29.5 Å². The second kappa shape index (κ2) is 26.1. The van der Waals surface area contributed by atoms with Crippen LogP contribution in [-0.4, -0.2) is 71.0 Å². The van der Waals surface area contributed by atoms with Crippen LogP contribution in [0.25, 0.3) is 0 Å². The third-order valence-electron chi connectivity index (χ3n) is 9.40. The topological polar surface area (TPSA) is 191 Å². The Hall–Kier alpha value is -4.74. The van der Waals surface area contributed by atoms with Crippen LogP contribution in [0, 0.1) is 17.8 Å². The molecule has 300 valence electrons. The molecule has 0 amide bonds. The molecule has 0 aliphatic rings. The molecule has 12 nitrogen and oxygen atoms in total. The molecular weight excluding hydrogens is 696 g/mol. The zero-order valence-corrected chi connectivity index (χ0v) is 32.8. The van der Waals surface area contributed by atoms with E-state index in [1.54, 1.807) is 0 Å². The van der Waals surface area contributed by atoms with E-state index in [1.807, 2.05) is 0 Å². The molecule has 0 heterocycles. The molecule has 0 saturated heterocycles. The molecule has 0 radical (unpaired) electrons. The predicted octanol–water partition coefficient (Wildman–Crippen LogP) is 9.59. The fraction of sp³-hybridized carbons (Fsp3) is 0.571. The number of carbonyl (C=O) groups is 6. The fourth-order valence-corrected chi connectivity index (χ4v) is 5.57. The fourth-order valence-electron chi connectivity index (χ4n) is 5.57. The maximum Gasteiger partial charge on any atom is 0.339 e. The number of esters is 3. The lowest BCUT2D eigenvalue weighted by Crippen LogP contribution is -2.20. The summed E-state index contributed by atoms with van der Waals surface area (Å²) in [5, 5.41) is 25.9. The Morgan fingerprint density at radius 2 is 0.833 bits per heavy atom. The van der Waals surface area contributed by atoms with Gasteiger partial charge in [0.1, 0.15) is 0 Å². The molecule has 3 unspecified atom stereocenters. The number of benzene rings is 2. The highest BCUT2D eigenvalue weighted by atomic mass is 16.5. The molecule has 12 heteroatoms. The Labute approximate surface area is 319 Å². The van der Waals surface area contributed by atoms with Crippen molar-refractivity contribution in [2.45, 2.75) is 119 Å². The summed E-state index contributed by atoms with van der Waals surface area (Å²) in [5.74, 6) is -5.04. The SMILES string of the molecule is CCCCC(CC)COC(=O)c1ccc(C(=O)OCC(CC)CCCC)c(C(=O)OCC(CC)CCCC)c1.O=C(O)c1ccc(C(=O)O)c(C(=O)O)c1. The van der Waals surface area contributed by atoms with Crippen molar-refractivity contribution in [2.75, 3.05) is 19.8 Å². The number of carbonyl (C=O) groups excluding carboxylic acids is 3. The summed E-state index contributed by atoms with van der Waals surface area (Å²) in [4.78, 5) is 71.0. The van der Waals surface area contributed by atoms with Crippen LogP contribution in [0.3, 0.4) is 0 Å². The molecule has 54 heavy (non-hydrogen) atoms. The van der Waals surface area contributed by atoms with E-state index >= 15 is 0 Å². The molecule has 0 saturated carbocycles. The standard InChI is InChI=1S/C33H54O6.C9H6O6/c1-7-13-16-25(10-4)22-37-31(34)28-19-20-29(32(35)38-23-26(11-5)17-14-8-2)30(21-28)33(36)39-24-27(12-6)18-15-9-3;10-7(11)4-1-2-5(8(12)13)6(3-4)9(14)15/h19-21,25-27H,7-18,22-24H2,1-6H3;1-3H,(H,10,11)(H,12,13)(H,14,15). The van der Waals surface area contributed by atoms with Crippen LogP contribution in [0.15, 0.2) is 36.4 Å². The number of carboxylic acids is 3. The lowest BCUT2D eigenvalue weighted by molar-refractivity contribution is 0.0379. The molecule has 3 N–H and O–H groups in total. The highest BCUT2D eigenvalue weighted by Gasteiger charge is 2.24. The van der Waals surface area contributed by atoms with Gasteiger partial charge in [-0.25, -0.2) is 28.8 Å². The van der Waals surface area contributed by atoms with E-state index in [9.17, 15) is 28.8 Å². The minimum atomic E-state index is -1.48. The Balaban J connectivity index is 0.000000806. The highest BCUT2D eigenvalue weighted by Crippen LogP contribution is 2.21. The van der Waals surface area contributed by atoms with Crippen molar-refractivity contribution in [3.63, 3.8) is 0 Å². The van der Waals surface area contributed by atoms with Gasteiger partial charge in [0, 0.05) is 0 Å². The first kappa shape index (κ1) is 47.3. The van der Waals surface area contributed by atoms with Crippen molar-refractivity contribution in [3.8, 4) is 0 Å². The van der Waals surface area contributed by atoms with Crippen LogP contribution < -0.4 is 0 Å². The number of unbranched alkanes of at least 4 members (excludes halogenated alkanes) is 3. The molecule has 2 rings (SSSR count). The van der Waals surface area contributed by atoms with Gasteiger partial charge in [0.05, 0.1) is 53.2 Å². The van der Waals surface area contributed by atoms with Gasteiger partial charge in [-0.1, -0.05) is 99.3 Å². The van der Waals surface area contributed by atoms with Crippen molar-refractivity contribution in [1.29, 1.82) is 0 Å². The molecular formula is C42H60O12. The van der Waals surface area contributed by atoms with Crippen molar-refractivity contribution in [3.05, 3.63) is 69.8 Å². The van der Waals surface area contributed by atoms with Crippen LogP contribution in [0.5, 0.6) is 0 Å². The first-order valence-electron chi connectivity index (χ1n) is 19.3. The van der Waals surface area contributed by atoms with Crippen LogP contribution >= 0.6 is 0 Å². The zero-order valence-electron chi connectivity index (χ0n) is 32.8. The van der Waals surface area contributed by atoms with Crippen LogP contribution in [0.2, 0.25) is 0 Å². The third-order valence-corrected chi connectivity index (χ3v) is 9.40. The van der Waals surface area contributed by atoms with Gasteiger partial charge in [0.25, 0.3) is 0 Å². The molecule has 0 aromatic heterocycles. The molecule has 0 aliphatic carbocycles. The number of carboxylic acid groups (broad SMARTS) is 3. The number of hydrogen-bond donors (Lipinski definition) is 3. The van der Waals surface area contributed by atoms with Crippen molar-refractivity contribution < 1.29 is 58.3 Å². The smallest absolute Gasteiger partial charge is 0.339 e. The molecule has 2 aromatic carbocycles. The lowest BCUT2D eigenvalue weighted by atomic mass is 10.00. The average Bonchev–Trinajstić information content (AvgIpc) is 3.17. The second-order valence-electron chi connectivity index (χ2n) is 13.5. The quantitative estimate of drug-likeness (QED) is 0.0680. The maximum absolute atomic E-state index is 13.2. The van der Waals surface area contributed by atoms with E-state index in [2.05, 4.69) is 41.5 Å². The summed E-state index contributed by atoms with van der Waals surface area (Å²) < 4.78 is 16.9. The summed E-state index contributed by atoms with van der Waals surface area (Å²) in [5.41, 5.74) is -0.833. The van der Waals surface area contributed by atoms with Gasteiger partial charge in [-0.05, 0) is 73.4 Å².